The molecular formula is C9H15ClF2N4. The molecule has 4 nitrogen and oxygen atoms in total. The molecule has 1 atom stereocenters. The van der Waals surface area contributed by atoms with Gasteiger partial charge in [-0.2, -0.15) is 5.10 Å². The van der Waals surface area contributed by atoms with Gasteiger partial charge in [0.15, 0.2) is 0 Å². The molecule has 0 saturated heterocycles. The van der Waals surface area contributed by atoms with Crippen LogP contribution >= 0.6 is 11.6 Å². The van der Waals surface area contributed by atoms with Crippen LogP contribution in [-0.2, 0) is 6.54 Å². The summed E-state index contributed by atoms with van der Waals surface area (Å²) in [7, 11) is 3.77. The normalized spacial score (nSPS) is 13.8. The summed E-state index contributed by atoms with van der Waals surface area (Å²) in [6, 6.07) is -1.39. The Morgan fingerprint density at radius 1 is 1.56 bits per heavy atom. The predicted octanol–water partition coefficient (Wildman–Crippen LogP) is 1.36. The minimum absolute atomic E-state index is 0.187. The Morgan fingerprint density at radius 3 is 2.69 bits per heavy atom. The smallest absolute Gasteiger partial charge is 0.259 e. The average Bonchev–Trinajstić information content (AvgIpc) is 2.55. The Hall–Kier alpha value is -0.720. The number of nitrogens with two attached hydrogens (primary N) is 1. The van der Waals surface area contributed by atoms with Crippen molar-refractivity contribution in [1.29, 1.82) is 0 Å². The third-order valence-corrected chi connectivity index (χ3v) is 2.47. The highest BCUT2D eigenvalue weighted by Gasteiger charge is 2.24. The first-order chi connectivity index (χ1) is 7.43. The molecule has 7 heteroatoms. The van der Waals surface area contributed by atoms with Gasteiger partial charge in [-0.05, 0) is 14.1 Å². The second-order valence-corrected chi connectivity index (χ2v) is 4.17. The molecule has 1 aromatic heterocycles. The number of likely N-dealkylation sites (N-methyl/N-ethyl adjacent to an activating group) is 1. The molecule has 16 heavy (non-hydrogen) atoms. The molecular weight excluding hydrogens is 238 g/mol. The van der Waals surface area contributed by atoms with E-state index in [4.69, 9.17) is 17.3 Å². The van der Waals surface area contributed by atoms with Gasteiger partial charge in [0, 0.05) is 6.54 Å². The fraction of sp³-hybridized carbons (Fsp3) is 0.667. The van der Waals surface area contributed by atoms with E-state index in [0.717, 1.165) is 0 Å². The second-order valence-electron chi connectivity index (χ2n) is 3.76. The molecule has 1 heterocycles. The van der Waals surface area contributed by atoms with Gasteiger partial charge in [-0.25, -0.2) is 8.78 Å². The van der Waals surface area contributed by atoms with Crippen LogP contribution in [0.3, 0.4) is 0 Å². The number of rotatable bonds is 5. The van der Waals surface area contributed by atoms with Gasteiger partial charge in [-0.3, -0.25) is 4.68 Å². The zero-order chi connectivity index (χ0) is 12.3. The summed E-state index contributed by atoms with van der Waals surface area (Å²) in [5.74, 6) is 0. The molecule has 0 bridgehead atoms. The van der Waals surface area contributed by atoms with Crippen molar-refractivity contribution < 1.29 is 8.78 Å². The summed E-state index contributed by atoms with van der Waals surface area (Å²) in [5, 5.41) is 4.12. The van der Waals surface area contributed by atoms with E-state index in [9.17, 15) is 8.78 Å². The lowest BCUT2D eigenvalue weighted by Gasteiger charge is -2.16. The van der Waals surface area contributed by atoms with Crippen LogP contribution in [0.1, 0.15) is 11.7 Å². The van der Waals surface area contributed by atoms with Gasteiger partial charge < -0.3 is 10.6 Å². The van der Waals surface area contributed by atoms with Crippen LogP contribution in [0.15, 0.2) is 6.20 Å². The molecule has 0 aromatic carbocycles. The molecule has 0 amide bonds. The molecule has 2 N–H and O–H groups in total. The molecule has 0 fully saturated rings. The molecule has 1 rings (SSSR count). The molecule has 0 spiro atoms. The first-order valence-electron chi connectivity index (χ1n) is 4.83. The fourth-order valence-electron chi connectivity index (χ4n) is 1.30. The van der Waals surface area contributed by atoms with Crippen LogP contribution in [-0.4, -0.2) is 41.7 Å². The van der Waals surface area contributed by atoms with E-state index in [2.05, 4.69) is 5.10 Å². The number of aromatic nitrogens is 2. The van der Waals surface area contributed by atoms with Crippen molar-refractivity contribution in [2.75, 3.05) is 20.6 Å². The highest BCUT2D eigenvalue weighted by atomic mass is 35.5. The van der Waals surface area contributed by atoms with Crippen LogP contribution in [0, 0.1) is 0 Å². The monoisotopic (exact) mass is 252 g/mol. The van der Waals surface area contributed by atoms with E-state index in [1.165, 1.54) is 10.9 Å². The predicted molar refractivity (Wildman–Crippen MR) is 58.7 cm³/mol. The molecule has 92 valence electrons. The summed E-state index contributed by atoms with van der Waals surface area (Å²) >= 11 is 5.79. The first-order valence-corrected chi connectivity index (χ1v) is 5.21. The van der Waals surface area contributed by atoms with Crippen molar-refractivity contribution in [1.82, 2.24) is 14.7 Å². The van der Waals surface area contributed by atoms with Crippen molar-refractivity contribution in [2.45, 2.75) is 19.0 Å². The minimum atomic E-state index is -2.65. The number of hydrogen-bond donors (Lipinski definition) is 1. The van der Waals surface area contributed by atoms with Crippen LogP contribution in [0.4, 0.5) is 8.78 Å². The number of hydrogen-bond acceptors (Lipinski definition) is 3. The lowest BCUT2D eigenvalue weighted by Crippen LogP contribution is -2.26. The highest BCUT2D eigenvalue weighted by molar-refractivity contribution is 6.31. The van der Waals surface area contributed by atoms with E-state index in [-0.39, 0.29) is 10.7 Å². The molecule has 1 unspecified atom stereocenters. The third-order valence-electron chi connectivity index (χ3n) is 2.18. The third kappa shape index (κ3) is 3.13. The van der Waals surface area contributed by atoms with Crippen LogP contribution in [0.2, 0.25) is 5.02 Å². The fourth-order valence-corrected chi connectivity index (χ4v) is 1.56. The summed E-state index contributed by atoms with van der Waals surface area (Å²) in [6.07, 6.45) is -1.30. The summed E-state index contributed by atoms with van der Waals surface area (Å²) in [4.78, 5) is 1.92. The molecule has 1 aromatic rings. The zero-order valence-electron chi connectivity index (χ0n) is 9.20. The maximum absolute atomic E-state index is 12.5. The van der Waals surface area contributed by atoms with Crippen LogP contribution in [0.5, 0.6) is 0 Å². The Morgan fingerprint density at radius 2 is 2.19 bits per heavy atom. The van der Waals surface area contributed by atoms with Crippen molar-refractivity contribution >= 4 is 11.6 Å². The summed E-state index contributed by atoms with van der Waals surface area (Å²) in [6.45, 7) is 1.16. The maximum Gasteiger partial charge on any atom is 0.259 e. The first kappa shape index (κ1) is 13.3. The Bertz CT molecular complexity index is 340. The SMILES string of the molecule is CN(C)CCn1ncc(Cl)c1C(N)C(F)F. The molecule has 0 aliphatic rings. The molecule has 0 saturated carbocycles. The van der Waals surface area contributed by atoms with E-state index >= 15 is 0 Å². The van der Waals surface area contributed by atoms with Gasteiger partial charge in [0.25, 0.3) is 6.43 Å². The van der Waals surface area contributed by atoms with Gasteiger partial charge >= 0.3 is 0 Å². The number of alkyl halides is 2. The second kappa shape index (κ2) is 5.56. The van der Waals surface area contributed by atoms with Gasteiger partial charge in [-0.1, -0.05) is 11.6 Å². The van der Waals surface area contributed by atoms with Crippen LogP contribution in [0.25, 0.3) is 0 Å². The molecule has 0 aliphatic carbocycles. The van der Waals surface area contributed by atoms with Crippen molar-refractivity contribution in [3.8, 4) is 0 Å². The molecule has 0 aliphatic heterocycles. The van der Waals surface area contributed by atoms with Gasteiger partial charge in [0.05, 0.1) is 23.5 Å². The largest absolute Gasteiger partial charge is 0.318 e. The maximum atomic E-state index is 12.5. The number of halogens is 3. The average molecular weight is 253 g/mol. The Labute approximate surface area is 98.0 Å². The number of nitrogens with zero attached hydrogens (tertiary/aromatic N) is 3. The summed E-state index contributed by atoms with van der Waals surface area (Å²) in [5.41, 5.74) is 5.57. The molecule has 0 radical (unpaired) electrons. The minimum Gasteiger partial charge on any atom is -0.318 e. The van der Waals surface area contributed by atoms with Crippen molar-refractivity contribution in [2.24, 2.45) is 5.73 Å². The van der Waals surface area contributed by atoms with Gasteiger partial charge in [0.1, 0.15) is 6.04 Å². The summed E-state index contributed by atoms with van der Waals surface area (Å²) < 4.78 is 26.5. The highest BCUT2D eigenvalue weighted by Crippen LogP contribution is 2.25. The Balaban J connectivity index is 2.85. The van der Waals surface area contributed by atoms with E-state index < -0.39 is 12.5 Å². The Kier molecular flexibility index (Phi) is 4.64. The van der Waals surface area contributed by atoms with E-state index in [1.54, 1.807) is 0 Å². The van der Waals surface area contributed by atoms with E-state index in [1.807, 2.05) is 19.0 Å². The van der Waals surface area contributed by atoms with Crippen molar-refractivity contribution in [3.63, 3.8) is 0 Å². The lowest BCUT2D eigenvalue weighted by molar-refractivity contribution is 0.112. The van der Waals surface area contributed by atoms with Crippen molar-refractivity contribution in [3.05, 3.63) is 16.9 Å². The van der Waals surface area contributed by atoms with Gasteiger partial charge in [0.2, 0.25) is 0 Å². The van der Waals surface area contributed by atoms with E-state index in [0.29, 0.717) is 13.1 Å². The topological polar surface area (TPSA) is 47.1 Å². The standard InChI is InChI=1S/C9H15ClF2N4/c1-15(2)3-4-16-8(6(10)5-14-16)7(13)9(11)12/h5,7,9H,3-4,13H2,1-2H3. The lowest BCUT2D eigenvalue weighted by atomic mass is 10.2. The van der Waals surface area contributed by atoms with Crippen LogP contribution < -0.4 is 5.73 Å². The zero-order valence-corrected chi connectivity index (χ0v) is 9.96. The quantitative estimate of drug-likeness (QED) is 0.861. The van der Waals surface area contributed by atoms with Gasteiger partial charge in [-0.15, -0.1) is 0 Å².